The molecule has 5 rings (SSSR count). The van der Waals surface area contributed by atoms with E-state index in [-0.39, 0.29) is 5.91 Å². The highest BCUT2D eigenvalue weighted by molar-refractivity contribution is 6.02. The number of methoxy groups -OCH3 is 2. The molecule has 1 saturated heterocycles. The fourth-order valence-corrected chi connectivity index (χ4v) is 5.08. The minimum atomic E-state index is -0.299. The quantitative estimate of drug-likeness (QED) is 0.294. The van der Waals surface area contributed by atoms with Crippen molar-refractivity contribution >= 4 is 40.0 Å². The van der Waals surface area contributed by atoms with E-state index in [0.29, 0.717) is 40.6 Å². The molecular weight excluding hydrogens is 522 g/mol. The number of benzene rings is 1. The Balaban J connectivity index is 1.50. The maximum atomic E-state index is 12.4. The number of carbonyl (C=O) groups excluding carboxylic acids is 1. The van der Waals surface area contributed by atoms with Crippen LogP contribution in [0, 0.1) is 0 Å². The highest BCUT2D eigenvalue weighted by Gasteiger charge is 2.24. The third-order valence-corrected chi connectivity index (χ3v) is 7.36. The van der Waals surface area contributed by atoms with Crippen molar-refractivity contribution in [2.75, 3.05) is 56.9 Å². The average molecular weight is 558 g/mol. The number of hydrogen-bond acceptors (Lipinski definition) is 10. The number of amides is 1. The number of pyridine rings is 1. The van der Waals surface area contributed by atoms with Crippen molar-refractivity contribution < 1.29 is 14.3 Å². The Kier molecular flexibility index (Phi) is 8.02. The Bertz CT molecular complexity index is 1580. The molecule has 0 bridgehead atoms. The zero-order valence-corrected chi connectivity index (χ0v) is 24.0. The molecule has 3 aromatic heterocycles. The molecule has 1 amide bonds. The Hall–Kier alpha value is -4.71. The number of hydrogen-bond donors (Lipinski definition) is 2. The van der Waals surface area contributed by atoms with Crippen molar-refractivity contribution in [2.24, 2.45) is 7.05 Å². The van der Waals surface area contributed by atoms with Crippen LogP contribution in [0.3, 0.4) is 0 Å². The summed E-state index contributed by atoms with van der Waals surface area (Å²) in [5, 5.41) is 11.4. The maximum absolute atomic E-state index is 12.4. The second kappa shape index (κ2) is 11.8. The summed E-state index contributed by atoms with van der Waals surface area (Å²) >= 11 is 0. The van der Waals surface area contributed by atoms with Crippen LogP contribution in [-0.2, 0) is 11.8 Å². The number of ether oxygens (including phenoxy) is 2. The first kappa shape index (κ1) is 27.8. The normalized spacial score (nSPS) is 13.9. The minimum absolute atomic E-state index is 0.299. The smallest absolute Gasteiger partial charge is 0.247 e. The number of fused-ring (bicyclic) bond motifs is 1. The number of nitrogens with one attached hydrogen (secondary N) is 2. The van der Waals surface area contributed by atoms with Gasteiger partial charge in [-0.2, -0.15) is 5.10 Å². The molecule has 41 heavy (non-hydrogen) atoms. The minimum Gasteiger partial charge on any atom is -0.494 e. The molecule has 12 nitrogen and oxygen atoms in total. The number of aromatic nitrogens is 5. The molecule has 214 valence electrons. The summed E-state index contributed by atoms with van der Waals surface area (Å²) in [7, 11) is 9.25. The predicted octanol–water partition coefficient (Wildman–Crippen LogP) is 3.84. The van der Waals surface area contributed by atoms with Gasteiger partial charge >= 0.3 is 0 Å². The molecular formula is C29H35N9O3. The topological polar surface area (TPSA) is 123 Å². The summed E-state index contributed by atoms with van der Waals surface area (Å²) < 4.78 is 13.0. The molecule has 1 aliphatic rings. The molecule has 4 heterocycles. The summed E-state index contributed by atoms with van der Waals surface area (Å²) in [6.07, 6.45) is 8.39. The third-order valence-electron chi connectivity index (χ3n) is 7.36. The van der Waals surface area contributed by atoms with Crippen LogP contribution in [0.5, 0.6) is 11.5 Å². The largest absolute Gasteiger partial charge is 0.494 e. The van der Waals surface area contributed by atoms with Crippen molar-refractivity contribution in [2.45, 2.75) is 18.9 Å². The fraction of sp³-hybridized carbons (Fsp3) is 0.345. The van der Waals surface area contributed by atoms with Crippen LogP contribution in [0.4, 0.5) is 23.0 Å². The SMILES string of the molecule is C=CC(=O)Nc1cc(Nc2ncc(OC)c(-c3cnc4c(cnn4C)c3)n2)c(OC)cc1N1CCC(N(C)C)CC1. The van der Waals surface area contributed by atoms with E-state index in [9.17, 15) is 4.79 Å². The van der Waals surface area contributed by atoms with Gasteiger partial charge in [0.1, 0.15) is 11.4 Å². The van der Waals surface area contributed by atoms with E-state index in [2.05, 4.69) is 56.2 Å². The van der Waals surface area contributed by atoms with Gasteiger partial charge in [-0.25, -0.2) is 15.0 Å². The summed E-state index contributed by atoms with van der Waals surface area (Å²) in [6, 6.07) is 6.25. The van der Waals surface area contributed by atoms with Crippen LogP contribution in [0.15, 0.2) is 49.4 Å². The fourth-order valence-electron chi connectivity index (χ4n) is 5.08. The van der Waals surface area contributed by atoms with Gasteiger partial charge in [0, 0.05) is 49.4 Å². The Morgan fingerprint density at radius 1 is 1.05 bits per heavy atom. The lowest BCUT2D eigenvalue weighted by molar-refractivity contribution is -0.111. The summed E-state index contributed by atoms with van der Waals surface area (Å²) in [5.41, 5.74) is 4.21. The van der Waals surface area contributed by atoms with Gasteiger partial charge in [0.2, 0.25) is 11.9 Å². The number of carbonyl (C=O) groups is 1. The van der Waals surface area contributed by atoms with Gasteiger partial charge in [-0.1, -0.05) is 6.58 Å². The molecule has 0 aliphatic carbocycles. The van der Waals surface area contributed by atoms with Crippen molar-refractivity contribution in [1.82, 2.24) is 29.6 Å². The summed E-state index contributed by atoms with van der Waals surface area (Å²) in [6.45, 7) is 5.33. The van der Waals surface area contributed by atoms with Crippen LogP contribution in [-0.4, -0.2) is 83.0 Å². The number of rotatable bonds is 9. The molecule has 0 saturated carbocycles. The van der Waals surface area contributed by atoms with E-state index in [1.54, 1.807) is 37.5 Å². The Labute approximate surface area is 239 Å². The van der Waals surface area contributed by atoms with E-state index < -0.39 is 0 Å². The molecule has 1 fully saturated rings. The molecule has 2 N–H and O–H groups in total. The van der Waals surface area contributed by atoms with E-state index >= 15 is 0 Å². The van der Waals surface area contributed by atoms with Gasteiger partial charge in [-0.15, -0.1) is 0 Å². The van der Waals surface area contributed by atoms with Crippen LogP contribution in [0.2, 0.25) is 0 Å². The summed E-state index contributed by atoms with van der Waals surface area (Å²) in [4.78, 5) is 30.7. The van der Waals surface area contributed by atoms with Gasteiger partial charge in [0.05, 0.1) is 43.7 Å². The number of anilines is 4. The highest BCUT2D eigenvalue weighted by atomic mass is 16.5. The lowest BCUT2D eigenvalue weighted by Crippen LogP contribution is -2.42. The predicted molar refractivity (Wildman–Crippen MR) is 160 cm³/mol. The van der Waals surface area contributed by atoms with Crippen molar-refractivity contribution in [3.8, 4) is 22.8 Å². The zero-order chi connectivity index (χ0) is 29.1. The average Bonchev–Trinajstić information content (AvgIpc) is 3.36. The lowest BCUT2D eigenvalue weighted by Gasteiger charge is -2.37. The van der Waals surface area contributed by atoms with E-state index in [1.165, 1.54) is 6.08 Å². The van der Waals surface area contributed by atoms with Gasteiger partial charge in [0.25, 0.3) is 0 Å². The molecule has 1 aromatic carbocycles. The van der Waals surface area contributed by atoms with E-state index in [1.807, 2.05) is 25.2 Å². The van der Waals surface area contributed by atoms with Gasteiger partial charge in [-0.05, 0) is 45.1 Å². The maximum Gasteiger partial charge on any atom is 0.247 e. The third kappa shape index (κ3) is 5.78. The zero-order valence-electron chi connectivity index (χ0n) is 24.0. The first-order chi connectivity index (χ1) is 19.8. The van der Waals surface area contributed by atoms with E-state index in [4.69, 9.17) is 14.5 Å². The Morgan fingerprint density at radius 2 is 1.80 bits per heavy atom. The molecule has 0 unspecified atom stereocenters. The standard InChI is InChI=1S/C29H35N9O3/c1-7-26(39)33-21-13-22(24(40-5)14-23(21)38-10-8-20(9-11-38)36(2)3)34-29-31-17-25(41-6)27(35-29)18-12-19-16-32-37(4)28(19)30-15-18/h7,12-17,20H,1,8-11H2,2-6H3,(H,33,39)(H,31,34,35). The first-order valence-corrected chi connectivity index (χ1v) is 13.3. The van der Waals surface area contributed by atoms with Gasteiger partial charge in [-0.3, -0.25) is 9.48 Å². The first-order valence-electron chi connectivity index (χ1n) is 13.3. The number of nitrogens with zero attached hydrogens (tertiary/aromatic N) is 7. The van der Waals surface area contributed by atoms with Crippen LogP contribution in [0.25, 0.3) is 22.3 Å². The monoisotopic (exact) mass is 557 g/mol. The number of aryl methyl sites for hydroxylation is 1. The number of piperidine rings is 1. The molecule has 0 radical (unpaired) electrons. The molecule has 12 heteroatoms. The van der Waals surface area contributed by atoms with Crippen molar-refractivity contribution in [1.29, 1.82) is 0 Å². The molecule has 1 aliphatic heterocycles. The Morgan fingerprint density at radius 3 is 2.49 bits per heavy atom. The van der Waals surface area contributed by atoms with E-state index in [0.717, 1.165) is 48.2 Å². The van der Waals surface area contributed by atoms with Crippen LogP contribution in [0.1, 0.15) is 12.8 Å². The second-order valence-electron chi connectivity index (χ2n) is 10.1. The highest BCUT2D eigenvalue weighted by Crippen LogP contribution is 2.40. The lowest BCUT2D eigenvalue weighted by atomic mass is 10.0. The van der Waals surface area contributed by atoms with Crippen LogP contribution < -0.4 is 25.0 Å². The molecule has 0 spiro atoms. The van der Waals surface area contributed by atoms with Crippen LogP contribution >= 0.6 is 0 Å². The van der Waals surface area contributed by atoms with Gasteiger partial charge < -0.3 is 29.9 Å². The van der Waals surface area contributed by atoms with Gasteiger partial charge in [0.15, 0.2) is 11.4 Å². The molecule has 0 atom stereocenters. The van der Waals surface area contributed by atoms with Crippen molar-refractivity contribution in [3.05, 3.63) is 49.4 Å². The molecule has 4 aromatic rings. The summed E-state index contributed by atoms with van der Waals surface area (Å²) in [5.74, 6) is 1.12. The van der Waals surface area contributed by atoms with Crippen molar-refractivity contribution in [3.63, 3.8) is 0 Å². The second-order valence-corrected chi connectivity index (χ2v) is 10.1.